The Morgan fingerprint density at radius 2 is 1.93 bits per heavy atom. The van der Waals surface area contributed by atoms with Gasteiger partial charge in [0, 0.05) is 12.4 Å². The first-order valence-corrected chi connectivity index (χ1v) is 16.3. The Balaban J connectivity index is 1.40. The number of carbonyl (C=O) groups is 1. The quantitative estimate of drug-likeness (QED) is 0.116. The van der Waals surface area contributed by atoms with Crippen molar-refractivity contribution in [1.29, 1.82) is 0 Å². The number of carbonyl (C=O) groups excluding carboxylic acids is 1. The normalized spacial score (nSPS) is 23.7. The number of esters is 1. The maximum absolute atomic E-state index is 14.3. The van der Waals surface area contributed by atoms with E-state index in [4.69, 9.17) is 24.3 Å². The van der Waals surface area contributed by atoms with Crippen LogP contribution in [-0.2, 0) is 23.4 Å². The minimum absolute atomic E-state index is 0.0376. The third-order valence-electron chi connectivity index (χ3n) is 7.41. The molecule has 46 heavy (non-hydrogen) atoms. The van der Waals surface area contributed by atoms with Crippen LogP contribution in [0.5, 0.6) is 5.75 Å². The summed E-state index contributed by atoms with van der Waals surface area (Å²) in [5.41, 5.74) is 4.35. The molecule has 3 heterocycles. The van der Waals surface area contributed by atoms with Gasteiger partial charge in [0.2, 0.25) is 5.95 Å². The van der Waals surface area contributed by atoms with E-state index in [1.807, 2.05) is 45.0 Å². The first kappa shape index (κ1) is 33.5. The first-order chi connectivity index (χ1) is 21.6. The summed E-state index contributed by atoms with van der Waals surface area (Å²) in [6.07, 6.45) is -2.53. The van der Waals surface area contributed by atoms with Crippen molar-refractivity contribution in [3.8, 4) is 5.75 Å². The number of nitrogens with two attached hydrogens (primary N) is 1. The third kappa shape index (κ3) is 6.94. The number of imidazole rings is 1. The topological polar surface area (TPSA) is 205 Å². The van der Waals surface area contributed by atoms with Crippen LogP contribution in [0.1, 0.15) is 40.8 Å². The first-order valence-electron chi connectivity index (χ1n) is 14.7. The van der Waals surface area contributed by atoms with Crippen molar-refractivity contribution in [2.24, 2.45) is 5.41 Å². The molecular formula is C30H40N7O8P. The smallest absolute Gasteiger partial charge is 0.459 e. The molecular weight excluding hydrogens is 617 g/mol. The maximum Gasteiger partial charge on any atom is 0.459 e. The fourth-order valence-corrected chi connectivity index (χ4v) is 6.55. The van der Waals surface area contributed by atoms with Gasteiger partial charge in [-0.05, 0) is 30.7 Å². The van der Waals surface area contributed by atoms with E-state index < -0.39 is 50.4 Å². The Kier molecular flexibility index (Phi) is 9.28. The van der Waals surface area contributed by atoms with Gasteiger partial charge in [0.1, 0.15) is 29.6 Å². The molecule has 2 unspecified atom stereocenters. The lowest BCUT2D eigenvalue weighted by molar-refractivity contribution is -0.148. The van der Waals surface area contributed by atoms with E-state index in [-0.39, 0.29) is 29.4 Å². The molecule has 2 aromatic carbocycles. The van der Waals surface area contributed by atoms with Gasteiger partial charge in [-0.3, -0.25) is 13.9 Å². The van der Waals surface area contributed by atoms with E-state index in [0.29, 0.717) is 16.7 Å². The molecule has 5 rings (SSSR count). The zero-order valence-corrected chi connectivity index (χ0v) is 27.4. The highest BCUT2D eigenvalue weighted by atomic mass is 31.2. The van der Waals surface area contributed by atoms with Gasteiger partial charge in [0.05, 0.1) is 19.5 Å². The molecule has 1 fully saturated rings. The van der Waals surface area contributed by atoms with Crippen LogP contribution in [0, 0.1) is 5.41 Å². The van der Waals surface area contributed by atoms with Crippen molar-refractivity contribution in [3.05, 3.63) is 48.8 Å². The largest absolute Gasteiger partial charge is 0.464 e. The summed E-state index contributed by atoms with van der Waals surface area (Å²) < 4.78 is 39.1. The number of nitrogen functional groups attached to an aromatic ring is 1. The molecule has 16 heteroatoms. The van der Waals surface area contributed by atoms with E-state index in [9.17, 15) is 19.6 Å². The molecule has 0 radical (unpaired) electrons. The van der Waals surface area contributed by atoms with Gasteiger partial charge in [-0.1, -0.05) is 57.2 Å². The van der Waals surface area contributed by atoms with Crippen LogP contribution < -0.4 is 20.7 Å². The number of ether oxygens (including phenoxy) is 2. The summed E-state index contributed by atoms with van der Waals surface area (Å²) in [7, 11) is -2.71. The molecule has 0 aliphatic carbocycles. The summed E-state index contributed by atoms with van der Waals surface area (Å²) in [6, 6.07) is 11.5. The van der Waals surface area contributed by atoms with E-state index in [1.54, 1.807) is 25.2 Å². The molecule has 248 valence electrons. The second kappa shape index (κ2) is 12.7. The summed E-state index contributed by atoms with van der Waals surface area (Å²) >= 11 is 0. The van der Waals surface area contributed by atoms with Crippen LogP contribution in [0.2, 0.25) is 0 Å². The van der Waals surface area contributed by atoms with Crippen LogP contribution in [0.25, 0.3) is 21.9 Å². The molecule has 1 aliphatic rings. The number of aromatic nitrogens is 4. The Labute approximate surface area is 266 Å². The average molecular weight is 658 g/mol. The highest BCUT2D eigenvalue weighted by Crippen LogP contribution is 2.48. The second-order valence-electron chi connectivity index (χ2n) is 12.6. The Morgan fingerprint density at radius 3 is 2.65 bits per heavy atom. The van der Waals surface area contributed by atoms with Gasteiger partial charge in [0.15, 0.2) is 23.2 Å². The zero-order chi connectivity index (χ0) is 33.4. The molecule has 0 saturated carbocycles. The molecule has 6 atom stereocenters. The Hall–Kier alpha value is -3.85. The van der Waals surface area contributed by atoms with Crippen molar-refractivity contribution in [2.75, 3.05) is 31.3 Å². The van der Waals surface area contributed by atoms with Crippen molar-refractivity contribution in [2.45, 2.75) is 64.7 Å². The SMILES string of the molecule is CNc1nc(N)nc2c1ncn2C1O[C@H](COP(=O)(N[C@@H](C)C(=O)OCC(C)(C)C)Oc2cccc3ccccc23)[C@@H](O)[C@@]1(C)O. The standard InChI is InChI=1S/C30H40N7O8P/c1-17(26(39)42-15-29(2,3)4)36-46(41,45-20-13-9-11-18-10-7-8-12-19(18)20)43-14-21-23(38)30(5,40)27(44-21)37-16-33-22-24(32-6)34-28(31)35-25(22)37/h7-13,16-17,21,23,27,38,40H,14-15H2,1-6H3,(H,36,41)(H3,31,32,34,35)/t17-,21+,23+,27?,30+,46?/m0/s1. The molecule has 6 N–H and O–H groups in total. The molecule has 1 aliphatic heterocycles. The molecule has 0 amide bonds. The predicted octanol–water partition coefficient (Wildman–Crippen LogP) is 3.38. The lowest BCUT2D eigenvalue weighted by Gasteiger charge is -2.27. The summed E-state index contributed by atoms with van der Waals surface area (Å²) in [6.45, 7) is 8.25. The molecule has 2 aromatic heterocycles. The highest BCUT2D eigenvalue weighted by Gasteiger charge is 2.54. The van der Waals surface area contributed by atoms with Crippen molar-refractivity contribution < 1.29 is 38.1 Å². The number of benzene rings is 2. The summed E-state index contributed by atoms with van der Waals surface area (Å²) in [5.74, 6) is -0.0875. The van der Waals surface area contributed by atoms with Crippen LogP contribution >= 0.6 is 7.75 Å². The number of aliphatic hydroxyl groups excluding tert-OH is 1. The number of aliphatic hydroxyl groups is 2. The second-order valence-corrected chi connectivity index (χ2v) is 14.3. The highest BCUT2D eigenvalue weighted by molar-refractivity contribution is 7.52. The van der Waals surface area contributed by atoms with Gasteiger partial charge >= 0.3 is 13.7 Å². The molecule has 4 aromatic rings. The molecule has 1 saturated heterocycles. The number of anilines is 2. The van der Waals surface area contributed by atoms with E-state index in [1.165, 1.54) is 24.7 Å². The lowest BCUT2D eigenvalue weighted by atomic mass is 9.96. The van der Waals surface area contributed by atoms with Gasteiger partial charge in [-0.2, -0.15) is 15.1 Å². The van der Waals surface area contributed by atoms with Crippen molar-refractivity contribution in [3.63, 3.8) is 0 Å². The van der Waals surface area contributed by atoms with E-state index in [0.717, 1.165) is 5.39 Å². The third-order valence-corrected chi connectivity index (χ3v) is 9.04. The minimum atomic E-state index is -4.37. The van der Waals surface area contributed by atoms with Gasteiger partial charge in [-0.25, -0.2) is 9.55 Å². The van der Waals surface area contributed by atoms with Crippen LogP contribution in [0.4, 0.5) is 11.8 Å². The molecule has 0 bridgehead atoms. The minimum Gasteiger partial charge on any atom is -0.464 e. The van der Waals surface area contributed by atoms with Crippen LogP contribution in [-0.4, -0.2) is 79.8 Å². The lowest BCUT2D eigenvalue weighted by Crippen LogP contribution is -2.44. The number of nitrogens with one attached hydrogen (secondary N) is 2. The van der Waals surface area contributed by atoms with Gasteiger partial charge < -0.3 is 35.3 Å². The predicted molar refractivity (Wildman–Crippen MR) is 171 cm³/mol. The number of nitrogens with zero attached hydrogens (tertiary/aromatic N) is 4. The van der Waals surface area contributed by atoms with Crippen molar-refractivity contribution in [1.82, 2.24) is 24.6 Å². The number of rotatable bonds is 11. The van der Waals surface area contributed by atoms with Crippen molar-refractivity contribution >= 4 is 47.4 Å². The van der Waals surface area contributed by atoms with Gasteiger partial charge in [0.25, 0.3) is 0 Å². The molecule has 15 nitrogen and oxygen atoms in total. The summed E-state index contributed by atoms with van der Waals surface area (Å²) in [4.78, 5) is 25.5. The number of hydrogen-bond acceptors (Lipinski definition) is 13. The Morgan fingerprint density at radius 1 is 1.22 bits per heavy atom. The van der Waals surface area contributed by atoms with Gasteiger partial charge in [-0.15, -0.1) is 0 Å². The van der Waals surface area contributed by atoms with E-state index in [2.05, 4.69) is 25.4 Å². The molecule has 0 spiro atoms. The fraction of sp³-hybridized carbons (Fsp3) is 0.467. The van der Waals surface area contributed by atoms with Crippen LogP contribution in [0.15, 0.2) is 48.8 Å². The fourth-order valence-electron chi connectivity index (χ4n) is 5.03. The number of hydrogen-bond donors (Lipinski definition) is 5. The zero-order valence-electron chi connectivity index (χ0n) is 26.5. The average Bonchev–Trinajstić information content (AvgIpc) is 3.51. The summed E-state index contributed by atoms with van der Waals surface area (Å²) in [5, 5.41) is 29.6. The maximum atomic E-state index is 14.3. The number of fused-ring (bicyclic) bond motifs is 2. The van der Waals surface area contributed by atoms with E-state index >= 15 is 0 Å². The Bertz CT molecular complexity index is 1770. The van der Waals surface area contributed by atoms with Crippen LogP contribution in [0.3, 0.4) is 0 Å². The monoisotopic (exact) mass is 657 g/mol.